The number of aliphatic imine (C=N–C) groups is 1. The van der Waals surface area contributed by atoms with Gasteiger partial charge in [-0.3, -0.25) is 0 Å². The van der Waals surface area contributed by atoms with Crippen LogP contribution in [0.2, 0.25) is 0 Å². The summed E-state index contributed by atoms with van der Waals surface area (Å²) in [5, 5.41) is 12.5. The smallest absolute Gasteiger partial charge is 0.194 e. The number of nitrogens with zero attached hydrogens (tertiary/aromatic N) is 3. The van der Waals surface area contributed by atoms with Crippen LogP contribution in [0.3, 0.4) is 0 Å². The van der Waals surface area contributed by atoms with Crippen molar-refractivity contribution >= 4 is 11.6 Å². The number of guanidine groups is 1. The first-order valence-corrected chi connectivity index (χ1v) is 9.63. The van der Waals surface area contributed by atoms with E-state index in [0.29, 0.717) is 45.2 Å². The van der Waals surface area contributed by atoms with Gasteiger partial charge in [-0.2, -0.15) is 0 Å². The van der Waals surface area contributed by atoms with Gasteiger partial charge in [0.1, 0.15) is 17.5 Å². The Kier molecular flexibility index (Phi) is 6.98. The molecule has 2 aromatic carbocycles. The van der Waals surface area contributed by atoms with Gasteiger partial charge in [0.05, 0.1) is 18.8 Å². The van der Waals surface area contributed by atoms with Gasteiger partial charge in [-0.05, 0) is 36.8 Å². The summed E-state index contributed by atoms with van der Waals surface area (Å²) in [7, 11) is 0. The summed E-state index contributed by atoms with van der Waals surface area (Å²) in [4.78, 5) is 8.51. The minimum atomic E-state index is -0.458. The lowest BCUT2D eigenvalue weighted by Gasteiger charge is -2.37. The monoisotopic (exact) mass is 406 g/mol. The van der Waals surface area contributed by atoms with Crippen LogP contribution in [0, 0.1) is 17.5 Å². The zero-order valence-electron chi connectivity index (χ0n) is 16.3. The molecule has 0 bridgehead atoms. The molecule has 0 amide bonds. The molecular weight excluding hydrogens is 381 g/mol. The van der Waals surface area contributed by atoms with Gasteiger partial charge in [-0.25, -0.2) is 18.2 Å². The Hall–Kier alpha value is -2.74. The Bertz CT molecular complexity index is 867. The molecule has 0 aliphatic carbocycles. The van der Waals surface area contributed by atoms with E-state index in [4.69, 9.17) is 0 Å². The number of piperazine rings is 1. The average Bonchev–Trinajstić information content (AvgIpc) is 2.74. The predicted octanol–water partition coefficient (Wildman–Crippen LogP) is 2.88. The molecule has 2 N–H and O–H groups in total. The molecule has 1 heterocycles. The van der Waals surface area contributed by atoms with E-state index in [9.17, 15) is 18.3 Å². The standard InChI is InChI=1S/C21H25F3N4O/c1-2-25-21(26-13-15-3-5-18(23)16(11-15)14-29)28-9-7-27(8-10-28)20-12-17(22)4-6-19(20)24/h3-6,11-12,29H,2,7-10,13-14H2,1H3,(H,25,26). The Morgan fingerprint density at radius 1 is 1.03 bits per heavy atom. The maximum absolute atomic E-state index is 14.0. The van der Waals surface area contributed by atoms with E-state index in [1.54, 1.807) is 12.1 Å². The van der Waals surface area contributed by atoms with Gasteiger partial charge in [0.15, 0.2) is 5.96 Å². The molecule has 1 aliphatic rings. The first-order valence-electron chi connectivity index (χ1n) is 9.63. The number of halogens is 3. The average molecular weight is 406 g/mol. The quantitative estimate of drug-likeness (QED) is 0.592. The normalized spacial score (nSPS) is 15.0. The zero-order valence-corrected chi connectivity index (χ0v) is 16.3. The molecular formula is C21H25F3N4O. The van der Waals surface area contributed by atoms with Gasteiger partial charge in [-0.15, -0.1) is 0 Å². The summed E-state index contributed by atoms with van der Waals surface area (Å²) >= 11 is 0. The molecule has 156 valence electrons. The van der Waals surface area contributed by atoms with Crippen molar-refractivity contribution in [1.82, 2.24) is 10.2 Å². The summed E-state index contributed by atoms with van der Waals surface area (Å²) in [6, 6.07) is 8.06. The lowest BCUT2D eigenvalue weighted by atomic mass is 10.1. The summed E-state index contributed by atoms with van der Waals surface area (Å²) in [6.45, 7) is 4.92. The van der Waals surface area contributed by atoms with Crippen LogP contribution < -0.4 is 10.2 Å². The third-order valence-corrected chi connectivity index (χ3v) is 4.85. The van der Waals surface area contributed by atoms with Crippen molar-refractivity contribution in [2.75, 3.05) is 37.6 Å². The molecule has 0 saturated carbocycles. The highest BCUT2D eigenvalue weighted by atomic mass is 19.1. The topological polar surface area (TPSA) is 51.1 Å². The van der Waals surface area contributed by atoms with E-state index in [0.717, 1.165) is 17.7 Å². The van der Waals surface area contributed by atoms with Crippen LogP contribution in [-0.2, 0) is 13.2 Å². The second kappa shape index (κ2) is 9.65. The van der Waals surface area contributed by atoms with Crippen molar-refractivity contribution in [1.29, 1.82) is 0 Å². The molecule has 0 spiro atoms. The minimum absolute atomic E-state index is 0.244. The predicted molar refractivity (Wildman–Crippen MR) is 107 cm³/mol. The van der Waals surface area contributed by atoms with Crippen molar-refractivity contribution in [2.45, 2.75) is 20.1 Å². The number of hydrogen-bond acceptors (Lipinski definition) is 3. The van der Waals surface area contributed by atoms with Crippen molar-refractivity contribution in [2.24, 2.45) is 4.99 Å². The summed E-state index contributed by atoms with van der Waals surface area (Å²) in [6.07, 6.45) is 0. The van der Waals surface area contributed by atoms with Crippen LogP contribution >= 0.6 is 0 Å². The fraction of sp³-hybridized carbons (Fsp3) is 0.381. The molecule has 1 fully saturated rings. The van der Waals surface area contributed by atoms with Crippen molar-refractivity contribution in [3.8, 4) is 0 Å². The van der Waals surface area contributed by atoms with Crippen LogP contribution in [0.25, 0.3) is 0 Å². The van der Waals surface area contributed by atoms with Crippen LogP contribution in [0.4, 0.5) is 18.9 Å². The Morgan fingerprint density at radius 3 is 2.45 bits per heavy atom. The van der Waals surface area contributed by atoms with Crippen molar-refractivity contribution < 1.29 is 18.3 Å². The molecule has 0 aromatic heterocycles. The SMILES string of the molecule is CCNC(=NCc1ccc(F)c(CO)c1)N1CCN(c2cc(F)ccc2F)CC1. The van der Waals surface area contributed by atoms with E-state index in [1.807, 2.05) is 11.8 Å². The third kappa shape index (κ3) is 5.20. The fourth-order valence-electron chi connectivity index (χ4n) is 3.33. The Labute approximate surface area is 168 Å². The van der Waals surface area contributed by atoms with E-state index in [2.05, 4.69) is 15.2 Å². The van der Waals surface area contributed by atoms with Crippen LogP contribution in [0.1, 0.15) is 18.1 Å². The van der Waals surface area contributed by atoms with Gasteiger partial charge >= 0.3 is 0 Å². The van der Waals surface area contributed by atoms with E-state index >= 15 is 0 Å². The first kappa shape index (κ1) is 21.0. The number of hydrogen-bond donors (Lipinski definition) is 2. The number of aliphatic hydroxyl groups is 1. The summed E-state index contributed by atoms with van der Waals surface area (Å²) in [5.41, 5.74) is 1.31. The molecule has 1 aliphatic heterocycles. The third-order valence-electron chi connectivity index (χ3n) is 4.85. The second-order valence-electron chi connectivity index (χ2n) is 6.82. The summed E-state index contributed by atoms with van der Waals surface area (Å²) < 4.78 is 41.0. The van der Waals surface area contributed by atoms with Crippen LogP contribution in [-0.4, -0.2) is 48.7 Å². The van der Waals surface area contributed by atoms with Gasteiger partial charge < -0.3 is 20.2 Å². The lowest BCUT2D eigenvalue weighted by molar-refractivity contribution is 0.275. The maximum Gasteiger partial charge on any atom is 0.194 e. The number of rotatable bonds is 5. The zero-order chi connectivity index (χ0) is 20.8. The molecule has 0 unspecified atom stereocenters. The lowest BCUT2D eigenvalue weighted by Crippen LogP contribution is -2.52. The van der Waals surface area contributed by atoms with Gasteiger partial charge in [0, 0.05) is 44.4 Å². The van der Waals surface area contributed by atoms with Crippen LogP contribution in [0.15, 0.2) is 41.4 Å². The number of benzene rings is 2. The molecule has 2 aromatic rings. The molecule has 0 radical (unpaired) electrons. The fourth-order valence-corrected chi connectivity index (χ4v) is 3.33. The highest BCUT2D eigenvalue weighted by molar-refractivity contribution is 5.80. The molecule has 5 nitrogen and oxygen atoms in total. The maximum atomic E-state index is 14.0. The van der Waals surface area contributed by atoms with E-state index in [1.165, 1.54) is 12.1 Å². The first-order chi connectivity index (χ1) is 14.0. The van der Waals surface area contributed by atoms with Gasteiger partial charge in [0.2, 0.25) is 0 Å². The second-order valence-corrected chi connectivity index (χ2v) is 6.82. The summed E-state index contributed by atoms with van der Waals surface area (Å²) in [5.74, 6) is -0.619. The van der Waals surface area contributed by atoms with Gasteiger partial charge in [-0.1, -0.05) is 6.07 Å². The molecule has 3 rings (SSSR count). The molecule has 29 heavy (non-hydrogen) atoms. The Balaban J connectivity index is 1.67. The van der Waals surface area contributed by atoms with Gasteiger partial charge in [0.25, 0.3) is 0 Å². The molecule has 1 saturated heterocycles. The van der Waals surface area contributed by atoms with E-state index in [-0.39, 0.29) is 17.9 Å². The number of nitrogens with one attached hydrogen (secondary N) is 1. The molecule has 8 heteroatoms. The minimum Gasteiger partial charge on any atom is -0.392 e. The van der Waals surface area contributed by atoms with Crippen LogP contribution in [0.5, 0.6) is 0 Å². The highest BCUT2D eigenvalue weighted by Gasteiger charge is 2.22. The highest BCUT2D eigenvalue weighted by Crippen LogP contribution is 2.22. The Morgan fingerprint density at radius 2 is 1.76 bits per heavy atom. The van der Waals surface area contributed by atoms with Crippen molar-refractivity contribution in [3.05, 3.63) is 65.0 Å². The van der Waals surface area contributed by atoms with Crippen molar-refractivity contribution in [3.63, 3.8) is 0 Å². The van der Waals surface area contributed by atoms with E-state index < -0.39 is 17.5 Å². The number of aliphatic hydroxyl groups excluding tert-OH is 1. The number of anilines is 1. The largest absolute Gasteiger partial charge is 0.392 e. The molecule has 0 atom stereocenters.